The highest BCUT2D eigenvalue weighted by Crippen LogP contribution is 2.29. The first kappa shape index (κ1) is 15.1. The highest BCUT2D eigenvalue weighted by atomic mass is 35.5. The van der Waals surface area contributed by atoms with Crippen LogP contribution in [0.5, 0.6) is 0 Å². The van der Waals surface area contributed by atoms with Gasteiger partial charge in [0.05, 0.1) is 11.4 Å². The number of carboxylic acids is 1. The summed E-state index contributed by atoms with van der Waals surface area (Å²) in [4.78, 5) is 13.0. The summed E-state index contributed by atoms with van der Waals surface area (Å²) in [7, 11) is 1.70. The first-order chi connectivity index (χ1) is 9.91. The van der Waals surface area contributed by atoms with E-state index in [2.05, 4.69) is 0 Å². The van der Waals surface area contributed by atoms with Crippen LogP contribution in [0.15, 0.2) is 36.4 Å². The molecule has 0 spiro atoms. The van der Waals surface area contributed by atoms with Crippen LogP contribution in [0.4, 0.5) is 15.8 Å². The van der Waals surface area contributed by atoms with Gasteiger partial charge in [-0.1, -0.05) is 29.8 Å². The summed E-state index contributed by atoms with van der Waals surface area (Å²) in [6.45, 7) is 0.380. The number of aromatic carboxylic acids is 1. The van der Waals surface area contributed by atoms with Crippen LogP contribution in [-0.4, -0.2) is 18.1 Å². The highest BCUT2D eigenvalue weighted by molar-refractivity contribution is 6.31. The van der Waals surface area contributed by atoms with Crippen molar-refractivity contribution in [2.45, 2.75) is 6.54 Å². The second kappa shape index (κ2) is 6.01. The maximum atomic E-state index is 13.4. The number of carbonyl (C=O) groups is 1. The summed E-state index contributed by atoms with van der Waals surface area (Å²) in [6, 6.07) is 9.79. The van der Waals surface area contributed by atoms with Crippen molar-refractivity contribution in [1.82, 2.24) is 0 Å². The summed E-state index contributed by atoms with van der Waals surface area (Å²) in [6.07, 6.45) is 0. The van der Waals surface area contributed by atoms with Gasteiger partial charge in [0.15, 0.2) is 0 Å². The van der Waals surface area contributed by atoms with Crippen LogP contribution in [-0.2, 0) is 6.54 Å². The third-order valence-corrected chi connectivity index (χ3v) is 3.53. The molecule has 0 fully saturated rings. The largest absolute Gasteiger partial charge is 0.478 e. The molecule has 0 amide bonds. The fourth-order valence-electron chi connectivity index (χ4n) is 2.09. The van der Waals surface area contributed by atoms with Crippen molar-refractivity contribution >= 4 is 28.9 Å². The fraction of sp³-hybridized carbons (Fsp3) is 0.133. The zero-order valence-electron chi connectivity index (χ0n) is 11.3. The molecular weight excluding hydrogens is 295 g/mol. The molecule has 0 heterocycles. The Labute approximate surface area is 126 Å². The number of carboxylic acid groups (broad SMARTS) is 1. The van der Waals surface area contributed by atoms with Gasteiger partial charge in [0.1, 0.15) is 11.4 Å². The van der Waals surface area contributed by atoms with Gasteiger partial charge >= 0.3 is 5.97 Å². The minimum absolute atomic E-state index is 0.246. The Morgan fingerprint density at radius 1 is 1.33 bits per heavy atom. The fourth-order valence-corrected chi connectivity index (χ4v) is 2.29. The molecule has 0 bridgehead atoms. The summed E-state index contributed by atoms with van der Waals surface area (Å²) < 4.78 is 13.4. The van der Waals surface area contributed by atoms with Gasteiger partial charge in [-0.05, 0) is 23.8 Å². The Morgan fingerprint density at radius 2 is 2.00 bits per heavy atom. The monoisotopic (exact) mass is 308 g/mol. The number of halogens is 2. The van der Waals surface area contributed by atoms with Crippen molar-refractivity contribution in [3.8, 4) is 0 Å². The van der Waals surface area contributed by atoms with Gasteiger partial charge in [0.25, 0.3) is 0 Å². The first-order valence-electron chi connectivity index (χ1n) is 6.17. The van der Waals surface area contributed by atoms with Crippen LogP contribution < -0.4 is 10.6 Å². The highest BCUT2D eigenvalue weighted by Gasteiger charge is 2.20. The van der Waals surface area contributed by atoms with E-state index in [4.69, 9.17) is 17.3 Å². The zero-order chi connectivity index (χ0) is 15.6. The molecule has 0 aliphatic carbocycles. The van der Waals surface area contributed by atoms with E-state index in [1.807, 2.05) is 18.2 Å². The molecular formula is C15H14ClFN2O2. The summed E-state index contributed by atoms with van der Waals surface area (Å²) in [5.41, 5.74) is 6.09. The van der Waals surface area contributed by atoms with Crippen LogP contribution in [0.2, 0.25) is 5.02 Å². The van der Waals surface area contributed by atoms with E-state index < -0.39 is 11.8 Å². The SMILES string of the molecule is CN(Cc1ccccc1Cl)c1ccc(F)c(N)c1C(=O)O. The van der Waals surface area contributed by atoms with Crippen molar-refractivity contribution in [2.75, 3.05) is 17.7 Å². The molecule has 3 N–H and O–H groups in total. The van der Waals surface area contributed by atoms with E-state index >= 15 is 0 Å². The Balaban J connectivity index is 2.40. The van der Waals surface area contributed by atoms with Crippen LogP contribution in [0, 0.1) is 5.82 Å². The smallest absolute Gasteiger partial charge is 0.340 e. The Kier molecular flexibility index (Phi) is 4.33. The quantitative estimate of drug-likeness (QED) is 0.850. The molecule has 2 rings (SSSR count). The van der Waals surface area contributed by atoms with Crippen LogP contribution in [0.25, 0.3) is 0 Å². The van der Waals surface area contributed by atoms with Gasteiger partial charge in [-0.25, -0.2) is 9.18 Å². The number of hydrogen-bond donors (Lipinski definition) is 2. The Hall–Kier alpha value is -2.27. The number of rotatable bonds is 4. The average Bonchev–Trinajstić information content (AvgIpc) is 2.43. The van der Waals surface area contributed by atoms with E-state index in [1.54, 1.807) is 18.0 Å². The molecule has 0 aromatic heterocycles. The van der Waals surface area contributed by atoms with Crippen molar-refractivity contribution in [2.24, 2.45) is 0 Å². The Bertz CT molecular complexity index is 691. The minimum Gasteiger partial charge on any atom is -0.478 e. The van der Waals surface area contributed by atoms with E-state index in [1.165, 1.54) is 6.07 Å². The normalized spacial score (nSPS) is 10.4. The number of hydrogen-bond acceptors (Lipinski definition) is 3. The molecule has 4 nitrogen and oxygen atoms in total. The lowest BCUT2D eigenvalue weighted by Crippen LogP contribution is -2.21. The van der Waals surface area contributed by atoms with Gasteiger partial charge in [0, 0.05) is 18.6 Å². The zero-order valence-corrected chi connectivity index (χ0v) is 12.1. The summed E-state index contributed by atoms with van der Waals surface area (Å²) in [5.74, 6) is -2.02. The van der Waals surface area contributed by atoms with Crippen LogP contribution >= 0.6 is 11.6 Å². The van der Waals surface area contributed by atoms with Gasteiger partial charge in [-0.3, -0.25) is 0 Å². The molecule has 110 valence electrons. The molecule has 0 saturated heterocycles. The molecule has 2 aromatic rings. The van der Waals surface area contributed by atoms with Gasteiger partial charge in [-0.15, -0.1) is 0 Å². The lowest BCUT2D eigenvalue weighted by atomic mass is 10.1. The second-order valence-corrected chi connectivity index (χ2v) is 5.02. The standard InChI is InChI=1S/C15H14ClFN2O2/c1-19(8-9-4-2-3-5-10(9)16)12-7-6-11(17)14(18)13(12)15(20)21/h2-7H,8,18H2,1H3,(H,20,21). The molecule has 0 atom stereocenters. The number of nitrogen functional groups attached to an aromatic ring is 1. The minimum atomic E-state index is -1.27. The van der Waals surface area contributed by atoms with E-state index in [-0.39, 0.29) is 11.3 Å². The Morgan fingerprint density at radius 3 is 2.62 bits per heavy atom. The predicted octanol–water partition coefficient (Wildman–Crippen LogP) is 3.40. The number of benzene rings is 2. The number of nitrogens with two attached hydrogens (primary N) is 1. The van der Waals surface area contributed by atoms with Gasteiger partial charge in [0.2, 0.25) is 0 Å². The van der Waals surface area contributed by atoms with Crippen molar-refractivity contribution in [3.05, 3.63) is 58.4 Å². The van der Waals surface area contributed by atoms with Crippen molar-refractivity contribution < 1.29 is 14.3 Å². The lowest BCUT2D eigenvalue weighted by molar-refractivity contribution is 0.0698. The molecule has 0 saturated carbocycles. The van der Waals surface area contributed by atoms with Crippen molar-refractivity contribution in [3.63, 3.8) is 0 Å². The number of anilines is 2. The van der Waals surface area contributed by atoms with Crippen LogP contribution in [0.3, 0.4) is 0 Å². The molecule has 0 radical (unpaired) electrons. The van der Waals surface area contributed by atoms with E-state index in [0.29, 0.717) is 17.3 Å². The van der Waals surface area contributed by atoms with Gasteiger partial charge < -0.3 is 15.7 Å². The van der Waals surface area contributed by atoms with Crippen molar-refractivity contribution in [1.29, 1.82) is 0 Å². The summed E-state index contributed by atoms with van der Waals surface area (Å²) >= 11 is 6.09. The maximum absolute atomic E-state index is 13.4. The molecule has 0 aliphatic heterocycles. The predicted molar refractivity (Wildman–Crippen MR) is 81.3 cm³/mol. The average molecular weight is 309 g/mol. The first-order valence-corrected chi connectivity index (χ1v) is 6.55. The molecule has 6 heteroatoms. The molecule has 0 unspecified atom stereocenters. The molecule has 21 heavy (non-hydrogen) atoms. The molecule has 0 aliphatic rings. The summed E-state index contributed by atoms with van der Waals surface area (Å²) in [5, 5.41) is 9.82. The van der Waals surface area contributed by atoms with Gasteiger partial charge in [-0.2, -0.15) is 0 Å². The molecule has 2 aromatic carbocycles. The third kappa shape index (κ3) is 3.08. The number of nitrogens with zero attached hydrogens (tertiary/aromatic N) is 1. The topological polar surface area (TPSA) is 66.6 Å². The second-order valence-electron chi connectivity index (χ2n) is 4.61. The third-order valence-electron chi connectivity index (χ3n) is 3.16. The lowest BCUT2D eigenvalue weighted by Gasteiger charge is -2.22. The van der Waals surface area contributed by atoms with Crippen LogP contribution in [0.1, 0.15) is 15.9 Å². The van der Waals surface area contributed by atoms with E-state index in [9.17, 15) is 14.3 Å². The maximum Gasteiger partial charge on any atom is 0.340 e. The van der Waals surface area contributed by atoms with E-state index in [0.717, 1.165) is 11.6 Å².